The molecule has 0 aromatic heterocycles. The van der Waals surface area contributed by atoms with Gasteiger partial charge in [-0.25, -0.2) is 4.39 Å². The number of nitrogens with one attached hydrogen (secondary N) is 1. The van der Waals surface area contributed by atoms with E-state index in [9.17, 15) is 4.39 Å². The Morgan fingerprint density at radius 3 is 2.71 bits per heavy atom. The first-order valence-corrected chi connectivity index (χ1v) is 5.06. The van der Waals surface area contributed by atoms with Gasteiger partial charge < -0.3 is 10.2 Å². The van der Waals surface area contributed by atoms with Crippen LogP contribution in [-0.2, 0) is 0 Å². The third kappa shape index (κ3) is 1.83. The van der Waals surface area contributed by atoms with Gasteiger partial charge in [-0.1, -0.05) is 17.7 Å². The third-order valence-electron chi connectivity index (χ3n) is 2.39. The summed E-state index contributed by atoms with van der Waals surface area (Å²) in [6.45, 7) is 3.45. The van der Waals surface area contributed by atoms with E-state index >= 15 is 0 Å². The SMILES string of the molecule is Fc1c(Cl)cccc1N1CCNCC1. The molecule has 0 radical (unpaired) electrons. The minimum Gasteiger partial charge on any atom is -0.367 e. The van der Waals surface area contributed by atoms with Crippen molar-refractivity contribution in [3.05, 3.63) is 29.0 Å². The van der Waals surface area contributed by atoms with E-state index in [1.54, 1.807) is 18.2 Å². The Morgan fingerprint density at radius 1 is 1.29 bits per heavy atom. The lowest BCUT2D eigenvalue weighted by Gasteiger charge is -2.29. The summed E-state index contributed by atoms with van der Waals surface area (Å²) in [4.78, 5) is 2.01. The van der Waals surface area contributed by atoms with Crippen LogP contribution < -0.4 is 10.2 Å². The van der Waals surface area contributed by atoms with E-state index in [0.717, 1.165) is 26.2 Å². The Kier molecular flexibility index (Phi) is 2.89. The normalized spacial score (nSPS) is 17.1. The van der Waals surface area contributed by atoms with Crippen LogP contribution >= 0.6 is 11.6 Å². The maximum Gasteiger partial charge on any atom is 0.165 e. The molecule has 2 nitrogen and oxygen atoms in total. The predicted molar refractivity (Wildman–Crippen MR) is 56.5 cm³/mol. The monoisotopic (exact) mass is 214 g/mol. The van der Waals surface area contributed by atoms with Gasteiger partial charge in [0.1, 0.15) is 0 Å². The molecule has 0 bridgehead atoms. The minimum atomic E-state index is -0.309. The lowest BCUT2D eigenvalue weighted by atomic mass is 10.2. The molecule has 2 rings (SSSR count). The Bertz CT molecular complexity index is 324. The standard InChI is InChI=1S/C10H12ClFN2/c11-8-2-1-3-9(10(8)12)14-6-4-13-5-7-14/h1-3,13H,4-7H2. The molecule has 0 saturated carbocycles. The molecule has 0 spiro atoms. The molecule has 0 unspecified atom stereocenters. The number of rotatable bonds is 1. The molecule has 1 saturated heterocycles. The maximum absolute atomic E-state index is 13.6. The van der Waals surface area contributed by atoms with Crippen molar-refractivity contribution in [1.29, 1.82) is 0 Å². The van der Waals surface area contributed by atoms with Crippen LogP contribution in [-0.4, -0.2) is 26.2 Å². The summed E-state index contributed by atoms with van der Waals surface area (Å²) < 4.78 is 13.6. The molecule has 1 aliphatic rings. The first-order valence-electron chi connectivity index (χ1n) is 4.69. The minimum absolute atomic E-state index is 0.195. The van der Waals surface area contributed by atoms with Crippen molar-refractivity contribution in [2.75, 3.05) is 31.1 Å². The van der Waals surface area contributed by atoms with Gasteiger partial charge in [-0.15, -0.1) is 0 Å². The van der Waals surface area contributed by atoms with Crippen LogP contribution in [0, 0.1) is 5.82 Å². The van der Waals surface area contributed by atoms with E-state index in [0.29, 0.717) is 5.69 Å². The molecule has 1 aromatic rings. The van der Waals surface area contributed by atoms with Crippen molar-refractivity contribution < 1.29 is 4.39 Å². The van der Waals surface area contributed by atoms with E-state index in [1.165, 1.54) is 0 Å². The summed E-state index contributed by atoms with van der Waals surface area (Å²) in [7, 11) is 0. The Labute approximate surface area is 87.7 Å². The number of hydrogen-bond acceptors (Lipinski definition) is 2. The van der Waals surface area contributed by atoms with Gasteiger partial charge in [0, 0.05) is 26.2 Å². The molecular formula is C10H12ClFN2. The summed E-state index contributed by atoms with van der Waals surface area (Å²) in [5.74, 6) is -0.309. The fourth-order valence-corrected chi connectivity index (χ4v) is 1.81. The zero-order valence-electron chi connectivity index (χ0n) is 7.76. The highest BCUT2D eigenvalue weighted by Gasteiger charge is 2.15. The van der Waals surface area contributed by atoms with Crippen molar-refractivity contribution >= 4 is 17.3 Å². The van der Waals surface area contributed by atoms with E-state index in [1.807, 2.05) is 4.90 Å². The van der Waals surface area contributed by atoms with Gasteiger partial charge in [0.15, 0.2) is 5.82 Å². The number of benzene rings is 1. The fraction of sp³-hybridized carbons (Fsp3) is 0.400. The van der Waals surface area contributed by atoms with E-state index in [2.05, 4.69) is 5.32 Å². The highest BCUT2D eigenvalue weighted by Crippen LogP contribution is 2.25. The molecule has 1 aromatic carbocycles. The zero-order valence-corrected chi connectivity index (χ0v) is 8.52. The molecule has 0 amide bonds. The van der Waals surface area contributed by atoms with Gasteiger partial charge in [0.05, 0.1) is 10.7 Å². The number of halogens is 2. The van der Waals surface area contributed by atoms with E-state index < -0.39 is 0 Å². The molecule has 1 N–H and O–H groups in total. The lowest BCUT2D eigenvalue weighted by Crippen LogP contribution is -2.43. The number of hydrogen-bond donors (Lipinski definition) is 1. The number of piperazine rings is 1. The molecule has 4 heteroatoms. The summed E-state index contributed by atoms with van der Waals surface area (Å²) >= 11 is 5.72. The van der Waals surface area contributed by atoms with Gasteiger partial charge in [-0.3, -0.25) is 0 Å². The third-order valence-corrected chi connectivity index (χ3v) is 2.68. The second-order valence-electron chi connectivity index (χ2n) is 3.31. The first-order chi connectivity index (χ1) is 6.79. The molecule has 0 aliphatic carbocycles. The molecular weight excluding hydrogens is 203 g/mol. The van der Waals surface area contributed by atoms with Crippen LogP contribution in [0.4, 0.5) is 10.1 Å². The molecule has 1 heterocycles. The van der Waals surface area contributed by atoms with Crippen LogP contribution in [0.1, 0.15) is 0 Å². The Hall–Kier alpha value is -0.800. The van der Waals surface area contributed by atoms with Crippen LogP contribution in [0.2, 0.25) is 5.02 Å². The van der Waals surface area contributed by atoms with Crippen LogP contribution in [0.3, 0.4) is 0 Å². The predicted octanol–water partition coefficient (Wildman–Crippen LogP) is 1.89. The topological polar surface area (TPSA) is 15.3 Å². The number of anilines is 1. The van der Waals surface area contributed by atoms with Crippen LogP contribution in [0.5, 0.6) is 0 Å². The molecule has 1 fully saturated rings. The van der Waals surface area contributed by atoms with Gasteiger partial charge in [-0.2, -0.15) is 0 Å². The van der Waals surface area contributed by atoms with Crippen LogP contribution in [0.25, 0.3) is 0 Å². The molecule has 1 aliphatic heterocycles. The van der Waals surface area contributed by atoms with Crippen molar-refractivity contribution in [3.63, 3.8) is 0 Å². The van der Waals surface area contributed by atoms with Gasteiger partial charge in [0.2, 0.25) is 0 Å². The van der Waals surface area contributed by atoms with Gasteiger partial charge in [0.25, 0.3) is 0 Å². The largest absolute Gasteiger partial charge is 0.367 e. The Morgan fingerprint density at radius 2 is 2.00 bits per heavy atom. The summed E-state index contributed by atoms with van der Waals surface area (Å²) in [6, 6.07) is 5.12. The second kappa shape index (κ2) is 4.15. The average molecular weight is 215 g/mol. The highest BCUT2D eigenvalue weighted by atomic mass is 35.5. The lowest BCUT2D eigenvalue weighted by molar-refractivity contribution is 0.566. The second-order valence-corrected chi connectivity index (χ2v) is 3.72. The van der Waals surface area contributed by atoms with Gasteiger partial charge >= 0.3 is 0 Å². The smallest absolute Gasteiger partial charge is 0.165 e. The molecule has 0 atom stereocenters. The van der Waals surface area contributed by atoms with E-state index in [4.69, 9.17) is 11.6 Å². The number of nitrogens with zero attached hydrogens (tertiary/aromatic N) is 1. The van der Waals surface area contributed by atoms with Crippen molar-refractivity contribution in [3.8, 4) is 0 Å². The molecule has 76 valence electrons. The van der Waals surface area contributed by atoms with Crippen molar-refractivity contribution in [2.24, 2.45) is 0 Å². The first kappa shape index (κ1) is 9.74. The maximum atomic E-state index is 13.6. The molecule has 14 heavy (non-hydrogen) atoms. The highest BCUT2D eigenvalue weighted by molar-refractivity contribution is 6.31. The summed E-state index contributed by atoms with van der Waals surface area (Å²) in [5.41, 5.74) is 0.610. The summed E-state index contributed by atoms with van der Waals surface area (Å²) in [5, 5.41) is 3.42. The summed E-state index contributed by atoms with van der Waals surface area (Å²) in [6.07, 6.45) is 0. The Balaban J connectivity index is 2.26. The van der Waals surface area contributed by atoms with Crippen LogP contribution in [0.15, 0.2) is 18.2 Å². The van der Waals surface area contributed by atoms with Gasteiger partial charge in [-0.05, 0) is 12.1 Å². The van der Waals surface area contributed by atoms with Crippen molar-refractivity contribution in [1.82, 2.24) is 5.32 Å². The quantitative estimate of drug-likeness (QED) is 0.768. The van der Waals surface area contributed by atoms with Crippen molar-refractivity contribution in [2.45, 2.75) is 0 Å². The van der Waals surface area contributed by atoms with E-state index in [-0.39, 0.29) is 10.8 Å². The average Bonchev–Trinajstić information content (AvgIpc) is 2.23. The fourth-order valence-electron chi connectivity index (χ4n) is 1.64. The zero-order chi connectivity index (χ0) is 9.97.